The van der Waals surface area contributed by atoms with Gasteiger partial charge in [0.25, 0.3) is 0 Å². The highest BCUT2D eigenvalue weighted by Gasteiger charge is 2.21. The SMILES string of the molecule is CN=C(NCc1ccc(CS(=O)(=O)NC)cc1)NCC(C)(C)c1cccs1.I. The van der Waals surface area contributed by atoms with Crippen LogP contribution in [0.15, 0.2) is 46.8 Å². The lowest BCUT2D eigenvalue weighted by Crippen LogP contribution is -2.42. The number of rotatable bonds is 8. The molecule has 28 heavy (non-hydrogen) atoms. The van der Waals surface area contributed by atoms with Gasteiger partial charge in [-0.05, 0) is 29.6 Å². The molecule has 0 saturated heterocycles. The number of sulfonamides is 1. The Morgan fingerprint density at radius 2 is 1.75 bits per heavy atom. The fourth-order valence-corrected chi connectivity index (χ4v) is 4.13. The van der Waals surface area contributed by atoms with Crippen LogP contribution in [0.1, 0.15) is 29.9 Å². The van der Waals surface area contributed by atoms with Gasteiger partial charge in [-0.3, -0.25) is 4.99 Å². The Hall–Kier alpha value is -1.17. The number of halogens is 1. The van der Waals surface area contributed by atoms with E-state index in [0.29, 0.717) is 6.54 Å². The van der Waals surface area contributed by atoms with E-state index in [2.05, 4.69) is 51.7 Å². The molecule has 1 aromatic heterocycles. The van der Waals surface area contributed by atoms with Gasteiger partial charge in [0.05, 0.1) is 5.75 Å². The molecule has 3 N–H and O–H groups in total. The number of nitrogens with zero attached hydrogens (tertiary/aromatic N) is 1. The molecule has 0 aliphatic rings. The lowest BCUT2D eigenvalue weighted by molar-refractivity contribution is 0.518. The van der Waals surface area contributed by atoms with Gasteiger partial charge in [-0.1, -0.05) is 44.2 Å². The zero-order valence-electron chi connectivity index (χ0n) is 16.7. The van der Waals surface area contributed by atoms with E-state index >= 15 is 0 Å². The lowest BCUT2D eigenvalue weighted by Gasteiger charge is -2.25. The van der Waals surface area contributed by atoms with Gasteiger partial charge in [-0.15, -0.1) is 35.3 Å². The molecule has 156 valence electrons. The summed E-state index contributed by atoms with van der Waals surface area (Å²) in [5.74, 6) is 0.722. The quantitative estimate of drug-likeness (QED) is 0.275. The van der Waals surface area contributed by atoms with Gasteiger partial charge in [0.2, 0.25) is 10.0 Å². The van der Waals surface area contributed by atoms with E-state index in [-0.39, 0.29) is 35.1 Å². The highest BCUT2D eigenvalue weighted by molar-refractivity contribution is 14.0. The second-order valence-corrected chi connectivity index (χ2v) is 9.79. The van der Waals surface area contributed by atoms with Crippen LogP contribution >= 0.6 is 35.3 Å². The summed E-state index contributed by atoms with van der Waals surface area (Å²) in [5.41, 5.74) is 1.83. The fraction of sp³-hybridized carbons (Fsp3) is 0.421. The molecule has 1 aromatic carbocycles. The van der Waals surface area contributed by atoms with E-state index in [9.17, 15) is 8.42 Å². The standard InChI is InChI=1S/C19H28N4O2S2.HI/c1-19(2,17-6-5-11-26-17)14-23-18(20-3)22-12-15-7-9-16(10-8-15)13-27(24,25)21-4;/h5-11,21H,12-14H2,1-4H3,(H2,20,22,23);1H. The molecule has 0 unspecified atom stereocenters. The average Bonchev–Trinajstić information content (AvgIpc) is 3.18. The van der Waals surface area contributed by atoms with E-state index < -0.39 is 10.0 Å². The van der Waals surface area contributed by atoms with E-state index in [1.807, 2.05) is 24.3 Å². The third-order valence-electron chi connectivity index (χ3n) is 4.26. The largest absolute Gasteiger partial charge is 0.356 e. The van der Waals surface area contributed by atoms with Crippen LogP contribution in [0.3, 0.4) is 0 Å². The van der Waals surface area contributed by atoms with E-state index in [1.165, 1.54) is 11.9 Å². The van der Waals surface area contributed by atoms with Crippen LogP contribution in [0.2, 0.25) is 0 Å². The summed E-state index contributed by atoms with van der Waals surface area (Å²) in [7, 11) is -0.0773. The maximum atomic E-state index is 11.6. The van der Waals surface area contributed by atoms with E-state index in [0.717, 1.165) is 23.6 Å². The molecule has 0 saturated carbocycles. The Morgan fingerprint density at radius 1 is 1.11 bits per heavy atom. The Bertz CT molecular complexity index is 849. The van der Waals surface area contributed by atoms with Gasteiger partial charge >= 0.3 is 0 Å². The van der Waals surface area contributed by atoms with Crippen LogP contribution < -0.4 is 15.4 Å². The molecule has 0 fully saturated rings. The molecule has 6 nitrogen and oxygen atoms in total. The van der Waals surface area contributed by atoms with Crippen molar-refractivity contribution in [2.45, 2.75) is 31.6 Å². The summed E-state index contributed by atoms with van der Waals surface area (Å²) in [6.45, 7) is 5.79. The Labute approximate surface area is 189 Å². The number of guanidine groups is 1. The van der Waals surface area contributed by atoms with Crippen molar-refractivity contribution in [1.29, 1.82) is 0 Å². The van der Waals surface area contributed by atoms with Crippen molar-refractivity contribution in [3.05, 3.63) is 57.8 Å². The van der Waals surface area contributed by atoms with Gasteiger partial charge in [0, 0.05) is 30.4 Å². The summed E-state index contributed by atoms with van der Waals surface area (Å²) in [6, 6.07) is 11.7. The smallest absolute Gasteiger partial charge is 0.215 e. The van der Waals surface area contributed by atoms with Gasteiger partial charge in [0.1, 0.15) is 0 Å². The predicted molar refractivity (Wildman–Crippen MR) is 129 cm³/mol. The topological polar surface area (TPSA) is 82.6 Å². The van der Waals surface area contributed by atoms with Crippen LogP contribution in [-0.4, -0.2) is 35.0 Å². The molecule has 0 aliphatic carbocycles. The van der Waals surface area contributed by atoms with Crippen LogP contribution in [-0.2, 0) is 27.7 Å². The molecule has 2 rings (SSSR count). The summed E-state index contributed by atoms with van der Waals surface area (Å²) in [4.78, 5) is 5.61. The van der Waals surface area contributed by atoms with Crippen molar-refractivity contribution in [1.82, 2.24) is 15.4 Å². The summed E-state index contributed by atoms with van der Waals surface area (Å²) >= 11 is 1.76. The molecule has 1 heterocycles. The van der Waals surface area contributed by atoms with Crippen molar-refractivity contribution in [2.75, 3.05) is 20.6 Å². The highest BCUT2D eigenvalue weighted by Crippen LogP contribution is 2.26. The first-order chi connectivity index (χ1) is 12.8. The van der Waals surface area contributed by atoms with Gasteiger partial charge < -0.3 is 10.6 Å². The van der Waals surface area contributed by atoms with Crippen LogP contribution in [0, 0.1) is 0 Å². The molecule has 0 spiro atoms. The molecule has 0 bridgehead atoms. The van der Waals surface area contributed by atoms with Gasteiger partial charge in [-0.2, -0.15) is 0 Å². The molecule has 0 radical (unpaired) electrons. The third kappa shape index (κ3) is 7.69. The monoisotopic (exact) mass is 536 g/mol. The molecular formula is C19H29IN4O2S2. The molecule has 0 amide bonds. The lowest BCUT2D eigenvalue weighted by atomic mass is 9.91. The van der Waals surface area contributed by atoms with Crippen LogP contribution in [0.5, 0.6) is 0 Å². The summed E-state index contributed by atoms with van der Waals surface area (Å²) in [6.07, 6.45) is 0. The highest BCUT2D eigenvalue weighted by atomic mass is 127. The van der Waals surface area contributed by atoms with Crippen molar-refractivity contribution in [3.8, 4) is 0 Å². The summed E-state index contributed by atoms with van der Waals surface area (Å²) < 4.78 is 25.5. The predicted octanol–water partition coefficient (Wildman–Crippen LogP) is 3.06. The minimum atomic E-state index is -3.25. The first-order valence-corrected chi connectivity index (χ1v) is 11.3. The maximum Gasteiger partial charge on any atom is 0.215 e. The van der Waals surface area contributed by atoms with Crippen LogP contribution in [0.4, 0.5) is 0 Å². The molecule has 2 aromatic rings. The number of thiophene rings is 1. The zero-order chi connectivity index (χ0) is 19.9. The molecule has 0 aliphatic heterocycles. The van der Waals surface area contributed by atoms with Crippen molar-refractivity contribution >= 4 is 51.3 Å². The van der Waals surface area contributed by atoms with Gasteiger partial charge in [0.15, 0.2) is 5.96 Å². The second kappa shape index (κ2) is 11.1. The molecule has 9 heteroatoms. The number of aliphatic imine (C=N–C) groups is 1. The normalized spacial score (nSPS) is 12.4. The van der Waals surface area contributed by atoms with Crippen molar-refractivity contribution < 1.29 is 8.42 Å². The minimum absolute atomic E-state index is 0. The van der Waals surface area contributed by atoms with Crippen molar-refractivity contribution in [2.24, 2.45) is 4.99 Å². The molecule has 0 atom stereocenters. The number of nitrogens with one attached hydrogen (secondary N) is 3. The number of hydrogen-bond acceptors (Lipinski definition) is 4. The minimum Gasteiger partial charge on any atom is -0.356 e. The maximum absolute atomic E-state index is 11.6. The van der Waals surface area contributed by atoms with Gasteiger partial charge in [-0.25, -0.2) is 13.1 Å². The first kappa shape index (κ1) is 24.9. The Morgan fingerprint density at radius 3 is 2.29 bits per heavy atom. The Kier molecular flexibility index (Phi) is 9.88. The number of hydrogen-bond donors (Lipinski definition) is 3. The van der Waals surface area contributed by atoms with E-state index in [1.54, 1.807) is 18.4 Å². The zero-order valence-corrected chi connectivity index (χ0v) is 20.6. The average molecular weight is 537 g/mol. The third-order valence-corrected chi connectivity index (χ3v) is 6.83. The Balaban J connectivity index is 0.00000392. The second-order valence-electron chi connectivity index (χ2n) is 6.92. The van der Waals surface area contributed by atoms with Crippen molar-refractivity contribution in [3.63, 3.8) is 0 Å². The summed E-state index contributed by atoms with van der Waals surface area (Å²) in [5, 5.41) is 8.76. The fourth-order valence-electron chi connectivity index (χ4n) is 2.51. The first-order valence-electron chi connectivity index (χ1n) is 8.73. The number of benzene rings is 1. The van der Waals surface area contributed by atoms with Crippen LogP contribution in [0.25, 0.3) is 0 Å². The van der Waals surface area contributed by atoms with E-state index in [4.69, 9.17) is 0 Å². The molecular weight excluding hydrogens is 507 g/mol.